The fourth-order valence-corrected chi connectivity index (χ4v) is 6.42. The molecule has 6 rings (SSSR count). The molecule has 0 saturated heterocycles. The van der Waals surface area contributed by atoms with E-state index in [1.54, 1.807) is 6.07 Å². The van der Waals surface area contributed by atoms with E-state index in [9.17, 15) is 13.2 Å². The van der Waals surface area contributed by atoms with Gasteiger partial charge in [0.05, 0.1) is 16.3 Å². The van der Waals surface area contributed by atoms with Crippen LogP contribution >= 0.6 is 11.3 Å². The quantitative estimate of drug-likeness (QED) is 0.196. The number of nitrogens with one attached hydrogen (secondary N) is 2. The Hall–Kier alpha value is -5.13. The summed E-state index contributed by atoms with van der Waals surface area (Å²) in [5.74, 6) is -0.456. The van der Waals surface area contributed by atoms with Crippen molar-refractivity contribution < 1.29 is 13.2 Å². The monoisotopic (exact) mass is 592 g/mol. The number of fused-ring (bicyclic) bond motifs is 1. The molecule has 1 amide bonds. The minimum Gasteiger partial charge on any atom is -0.397 e. The molecule has 0 unspecified atom stereocenters. The number of aromatic nitrogens is 3. The van der Waals surface area contributed by atoms with Crippen molar-refractivity contribution in [2.24, 2.45) is 0 Å². The van der Waals surface area contributed by atoms with E-state index >= 15 is 0 Å². The van der Waals surface area contributed by atoms with Crippen LogP contribution in [-0.2, 0) is 10.0 Å². The Balaban J connectivity index is 1.33. The first kappa shape index (κ1) is 27.1. The molecule has 0 fully saturated rings. The number of amides is 1. The van der Waals surface area contributed by atoms with Crippen LogP contribution in [0.3, 0.4) is 0 Å². The molecule has 208 valence electrons. The van der Waals surface area contributed by atoms with E-state index in [2.05, 4.69) is 20.0 Å². The Morgan fingerprint density at radius 2 is 1.55 bits per heavy atom. The van der Waals surface area contributed by atoms with E-state index in [0.29, 0.717) is 26.5 Å². The number of sulfonamides is 1. The molecule has 0 aliphatic carbocycles. The van der Waals surface area contributed by atoms with Crippen LogP contribution in [0, 0.1) is 6.92 Å². The predicted octanol–water partition coefficient (Wildman–Crippen LogP) is 6.36. The summed E-state index contributed by atoms with van der Waals surface area (Å²) >= 11 is 1.21. The molecule has 4 N–H and O–H groups in total. The summed E-state index contributed by atoms with van der Waals surface area (Å²) < 4.78 is 27.7. The maximum absolute atomic E-state index is 13.4. The molecule has 42 heavy (non-hydrogen) atoms. The fraction of sp³-hybridized carbons (Fsp3) is 0.0323. The number of thiophene rings is 1. The standard InChI is InChI=1S/C31H24N6O3S2/c1-19-8-10-20(11-9-19)24-18-25(21-6-3-2-4-7-21)36-30-26(24)27(32)28(41-30)29(38)35-22-12-14-23(15-13-22)42(39,40)37-31-33-16-5-17-34-31/h2-18H,32H2,1H3,(H,35,38)(H,33,34,37). The molecule has 9 nitrogen and oxygen atoms in total. The van der Waals surface area contributed by atoms with Crippen LogP contribution in [0.2, 0.25) is 0 Å². The number of nitrogen functional groups attached to an aromatic ring is 1. The Bertz CT molecular complexity index is 2010. The second kappa shape index (κ2) is 11.0. The summed E-state index contributed by atoms with van der Waals surface area (Å²) in [5, 5.41) is 3.54. The zero-order valence-electron chi connectivity index (χ0n) is 22.3. The summed E-state index contributed by atoms with van der Waals surface area (Å²) in [6.07, 6.45) is 2.87. The first-order chi connectivity index (χ1) is 20.3. The van der Waals surface area contributed by atoms with E-state index < -0.39 is 15.9 Å². The summed E-state index contributed by atoms with van der Waals surface area (Å²) in [6, 6.07) is 27.3. The number of aryl methyl sites for hydroxylation is 1. The Morgan fingerprint density at radius 1 is 0.857 bits per heavy atom. The summed E-state index contributed by atoms with van der Waals surface area (Å²) in [7, 11) is -3.91. The van der Waals surface area contributed by atoms with E-state index in [0.717, 1.165) is 27.9 Å². The van der Waals surface area contributed by atoms with E-state index in [1.807, 2.05) is 67.6 Å². The number of nitrogens with zero attached hydrogens (tertiary/aromatic N) is 3. The first-order valence-corrected chi connectivity index (χ1v) is 15.2. The number of carbonyl (C=O) groups is 1. The fourth-order valence-electron chi connectivity index (χ4n) is 4.44. The molecular weight excluding hydrogens is 569 g/mol. The van der Waals surface area contributed by atoms with Crippen molar-refractivity contribution in [2.45, 2.75) is 11.8 Å². The van der Waals surface area contributed by atoms with Crippen LogP contribution in [-0.4, -0.2) is 29.3 Å². The second-order valence-electron chi connectivity index (χ2n) is 9.47. The predicted molar refractivity (Wildman–Crippen MR) is 167 cm³/mol. The van der Waals surface area contributed by atoms with E-state index in [-0.39, 0.29) is 10.8 Å². The van der Waals surface area contributed by atoms with E-state index in [4.69, 9.17) is 10.7 Å². The number of nitrogens with two attached hydrogens (primary N) is 1. The number of anilines is 3. The van der Waals surface area contributed by atoms with Gasteiger partial charge in [-0.2, -0.15) is 0 Å². The average Bonchev–Trinajstić information content (AvgIpc) is 3.34. The van der Waals surface area contributed by atoms with Gasteiger partial charge in [0.15, 0.2) is 0 Å². The van der Waals surface area contributed by atoms with Gasteiger partial charge in [-0.05, 0) is 54.4 Å². The number of hydrogen-bond donors (Lipinski definition) is 3. The summed E-state index contributed by atoms with van der Waals surface area (Å²) in [4.78, 5) is 27.0. The highest BCUT2D eigenvalue weighted by Crippen LogP contribution is 2.41. The number of carbonyl (C=O) groups excluding carboxylic acids is 1. The molecule has 0 aliphatic heterocycles. The topological polar surface area (TPSA) is 140 Å². The lowest BCUT2D eigenvalue weighted by Crippen LogP contribution is -2.15. The van der Waals surface area contributed by atoms with Gasteiger partial charge in [0, 0.05) is 29.0 Å². The average molecular weight is 593 g/mol. The van der Waals surface area contributed by atoms with Crippen molar-refractivity contribution in [3.8, 4) is 22.4 Å². The minimum absolute atomic E-state index is 0.00490. The van der Waals surface area contributed by atoms with Gasteiger partial charge >= 0.3 is 0 Å². The summed E-state index contributed by atoms with van der Waals surface area (Å²) in [6.45, 7) is 2.03. The Kier molecular flexibility index (Phi) is 7.11. The van der Waals surface area contributed by atoms with E-state index in [1.165, 1.54) is 48.0 Å². The lowest BCUT2D eigenvalue weighted by atomic mass is 9.99. The molecule has 6 aromatic rings. The van der Waals surface area contributed by atoms with Crippen LogP contribution < -0.4 is 15.8 Å². The third-order valence-electron chi connectivity index (χ3n) is 6.55. The maximum Gasteiger partial charge on any atom is 0.267 e. The van der Waals surface area contributed by atoms with Gasteiger partial charge in [-0.15, -0.1) is 11.3 Å². The van der Waals surface area contributed by atoms with Crippen LogP contribution in [0.4, 0.5) is 17.3 Å². The number of pyridine rings is 1. The normalized spacial score (nSPS) is 11.4. The van der Waals surface area contributed by atoms with Crippen molar-refractivity contribution in [3.05, 3.63) is 114 Å². The van der Waals surface area contributed by atoms with Crippen LogP contribution in [0.5, 0.6) is 0 Å². The van der Waals surface area contributed by atoms with Crippen LogP contribution in [0.1, 0.15) is 15.2 Å². The molecule has 11 heteroatoms. The lowest BCUT2D eigenvalue weighted by molar-refractivity contribution is 0.103. The highest BCUT2D eigenvalue weighted by atomic mass is 32.2. The number of rotatable bonds is 7. The highest BCUT2D eigenvalue weighted by Gasteiger charge is 2.22. The second-order valence-corrected chi connectivity index (χ2v) is 12.1. The molecule has 0 spiro atoms. The largest absolute Gasteiger partial charge is 0.397 e. The molecule has 0 atom stereocenters. The van der Waals surface area contributed by atoms with Crippen molar-refractivity contribution in [2.75, 3.05) is 15.8 Å². The van der Waals surface area contributed by atoms with Crippen molar-refractivity contribution in [1.82, 2.24) is 15.0 Å². The molecule has 3 heterocycles. The van der Waals surface area contributed by atoms with Crippen LogP contribution in [0.25, 0.3) is 32.6 Å². The van der Waals surface area contributed by atoms with Crippen molar-refractivity contribution in [1.29, 1.82) is 0 Å². The highest BCUT2D eigenvalue weighted by molar-refractivity contribution is 7.92. The molecule has 3 aromatic carbocycles. The molecule has 0 bridgehead atoms. The zero-order valence-corrected chi connectivity index (χ0v) is 23.9. The van der Waals surface area contributed by atoms with Gasteiger partial charge in [-0.3, -0.25) is 4.79 Å². The number of hydrogen-bond acceptors (Lipinski definition) is 8. The molecule has 0 aliphatic rings. The molecule has 0 radical (unpaired) electrons. The van der Waals surface area contributed by atoms with Gasteiger partial charge < -0.3 is 11.1 Å². The van der Waals surface area contributed by atoms with Gasteiger partial charge in [-0.1, -0.05) is 60.2 Å². The Labute approximate surface area is 246 Å². The van der Waals surface area contributed by atoms with Gasteiger partial charge in [-0.25, -0.2) is 28.1 Å². The first-order valence-electron chi connectivity index (χ1n) is 12.9. The number of benzene rings is 3. The van der Waals surface area contributed by atoms with Crippen molar-refractivity contribution >= 4 is 54.8 Å². The minimum atomic E-state index is -3.91. The molecule has 3 aromatic heterocycles. The zero-order chi connectivity index (χ0) is 29.3. The van der Waals surface area contributed by atoms with Gasteiger partial charge in [0.2, 0.25) is 5.95 Å². The smallest absolute Gasteiger partial charge is 0.267 e. The lowest BCUT2D eigenvalue weighted by Gasteiger charge is -2.09. The van der Waals surface area contributed by atoms with Gasteiger partial charge in [0.25, 0.3) is 15.9 Å². The Morgan fingerprint density at radius 3 is 2.24 bits per heavy atom. The molecular formula is C31H24N6O3S2. The SMILES string of the molecule is Cc1ccc(-c2cc(-c3ccccc3)nc3sc(C(=O)Nc4ccc(S(=O)(=O)Nc5ncccn5)cc4)c(N)c23)cc1. The molecule has 0 saturated carbocycles. The van der Waals surface area contributed by atoms with Crippen LogP contribution in [0.15, 0.2) is 108 Å². The third kappa shape index (κ3) is 5.42. The summed E-state index contributed by atoms with van der Waals surface area (Å²) in [5.41, 5.74) is 12.1. The van der Waals surface area contributed by atoms with Gasteiger partial charge in [0.1, 0.15) is 9.71 Å². The third-order valence-corrected chi connectivity index (χ3v) is 8.99. The van der Waals surface area contributed by atoms with Crippen molar-refractivity contribution in [3.63, 3.8) is 0 Å². The maximum atomic E-state index is 13.4.